The second kappa shape index (κ2) is 6.90. The van der Waals surface area contributed by atoms with E-state index in [9.17, 15) is 4.79 Å². The zero-order chi connectivity index (χ0) is 14.5. The van der Waals surface area contributed by atoms with Gasteiger partial charge >= 0.3 is 6.03 Å². The lowest BCUT2D eigenvalue weighted by molar-refractivity contribution is 0.183. The fourth-order valence-corrected chi connectivity index (χ4v) is 2.86. The summed E-state index contributed by atoms with van der Waals surface area (Å²) in [4.78, 5) is 13.6. The Morgan fingerprint density at radius 2 is 2.30 bits per heavy atom. The highest BCUT2D eigenvalue weighted by Gasteiger charge is 2.40. The van der Waals surface area contributed by atoms with Crippen molar-refractivity contribution < 1.29 is 9.90 Å². The second-order valence-corrected chi connectivity index (χ2v) is 5.73. The molecule has 0 bridgehead atoms. The number of urea groups is 1. The molecule has 0 saturated heterocycles. The number of amides is 2. The minimum absolute atomic E-state index is 0.0421. The number of aliphatic hydroxyl groups excluding tert-OH is 1. The van der Waals surface area contributed by atoms with E-state index < -0.39 is 0 Å². The molecule has 1 saturated carbocycles. The van der Waals surface area contributed by atoms with E-state index in [1.165, 1.54) is 5.56 Å². The van der Waals surface area contributed by atoms with Crippen molar-refractivity contribution in [1.82, 2.24) is 10.2 Å². The van der Waals surface area contributed by atoms with E-state index in [0.717, 1.165) is 10.9 Å². The minimum atomic E-state index is -0.140. The first-order valence-electron chi connectivity index (χ1n) is 6.69. The van der Waals surface area contributed by atoms with Crippen LogP contribution in [-0.4, -0.2) is 41.8 Å². The average molecular weight is 339 g/mol. The van der Waals surface area contributed by atoms with Gasteiger partial charge in [0.15, 0.2) is 0 Å². The van der Waals surface area contributed by atoms with Crippen molar-refractivity contribution in [1.29, 1.82) is 0 Å². The molecule has 2 unspecified atom stereocenters. The van der Waals surface area contributed by atoms with E-state index in [2.05, 4.69) is 33.9 Å². The van der Waals surface area contributed by atoms with Gasteiger partial charge in [-0.05, 0) is 18.1 Å². The third-order valence-electron chi connectivity index (χ3n) is 3.41. The summed E-state index contributed by atoms with van der Waals surface area (Å²) in [5, 5.41) is 12.0. The fraction of sp³-hybridized carbons (Fsp3) is 0.400. The summed E-state index contributed by atoms with van der Waals surface area (Å²) in [5.74, 6) is 0.370. The van der Waals surface area contributed by atoms with Crippen molar-refractivity contribution in [3.05, 3.63) is 47.0 Å². The first kappa shape index (κ1) is 15.1. The van der Waals surface area contributed by atoms with Gasteiger partial charge in [0, 0.05) is 29.5 Å². The molecule has 1 aromatic rings. The van der Waals surface area contributed by atoms with Crippen LogP contribution in [0.15, 0.2) is 41.4 Å². The van der Waals surface area contributed by atoms with Crippen molar-refractivity contribution in [2.24, 2.45) is 0 Å². The van der Waals surface area contributed by atoms with E-state index in [-0.39, 0.29) is 18.7 Å². The molecule has 108 valence electrons. The number of hydrogen-bond acceptors (Lipinski definition) is 2. The van der Waals surface area contributed by atoms with Crippen LogP contribution in [0.1, 0.15) is 17.9 Å². The van der Waals surface area contributed by atoms with Crippen LogP contribution in [-0.2, 0) is 0 Å². The molecule has 2 rings (SSSR count). The first-order chi connectivity index (χ1) is 9.67. The maximum absolute atomic E-state index is 12.1. The predicted molar refractivity (Wildman–Crippen MR) is 82.7 cm³/mol. The standard InChI is InChI=1S/C15H19BrN2O2/c1-2-7-18(8-9-19)15(20)17-14-10-12(14)11-5-3-4-6-13(11)16/h2-6,12,14,19H,1,7-10H2,(H,17,20). The van der Waals surface area contributed by atoms with E-state index in [1.54, 1.807) is 11.0 Å². The lowest BCUT2D eigenvalue weighted by Gasteiger charge is -2.20. The zero-order valence-corrected chi connectivity index (χ0v) is 12.8. The third kappa shape index (κ3) is 3.61. The molecule has 2 amide bonds. The molecule has 20 heavy (non-hydrogen) atoms. The number of aliphatic hydroxyl groups is 1. The van der Waals surface area contributed by atoms with Gasteiger partial charge < -0.3 is 15.3 Å². The molecule has 0 spiro atoms. The monoisotopic (exact) mass is 338 g/mol. The van der Waals surface area contributed by atoms with E-state index in [4.69, 9.17) is 5.11 Å². The normalized spacial score (nSPS) is 20.3. The van der Waals surface area contributed by atoms with Crippen molar-refractivity contribution in [2.45, 2.75) is 18.4 Å². The summed E-state index contributed by atoms with van der Waals surface area (Å²) in [6, 6.07) is 8.12. The summed E-state index contributed by atoms with van der Waals surface area (Å²) in [6.45, 7) is 4.35. The van der Waals surface area contributed by atoms with Gasteiger partial charge in [-0.3, -0.25) is 0 Å². The molecule has 5 heteroatoms. The minimum Gasteiger partial charge on any atom is -0.395 e. The molecule has 0 heterocycles. The summed E-state index contributed by atoms with van der Waals surface area (Å²) >= 11 is 3.54. The van der Waals surface area contributed by atoms with Gasteiger partial charge in [-0.1, -0.05) is 40.2 Å². The Morgan fingerprint density at radius 1 is 1.55 bits per heavy atom. The molecule has 2 atom stereocenters. The predicted octanol–water partition coefficient (Wildman–Crippen LogP) is 2.49. The Morgan fingerprint density at radius 3 is 2.95 bits per heavy atom. The van der Waals surface area contributed by atoms with E-state index in [0.29, 0.717) is 19.0 Å². The maximum atomic E-state index is 12.1. The van der Waals surface area contributed by atoms with Crippen LogP contribution < -0.4 is 5.32 Å². The molecular formula is C15H19BrN2O2. The van der Waals surface area contributed by atoms with Gasteiger partial charge in [-0.25, -0.2) is 4.79 Å². The van der Waals surface area contributed by atoms with Crippen molar-refractivity contribution in [3.8, 4) is 0 Å². The van der Waals surface area contributed by atoms with Gasteiger partial charge in [0.2, 0.25) is 0 Å². The van der Waals surface area contributed by atoms with Gasteiger partial charge in [-0.15, -0.1) is 6.58 Å². The number of halogens is 1. The third-order valence-corrected chi connectivity index (χ3v) is 4.13. The summed E-state index contributed by atoms with van der Waals surface area (Å²) in [5.41, 5.74) is 1.23. The molecule has 1 aliphatic carbocycles. The topological polar surface area (TPSA) is 52.6 Å². The Kier molecular flexibility index (Phi) is 5.20. The van der Waals surface area contributed by atoms with Crippen LogP contribution in [0.25, 0.3) is 0 Å². The van der Waals surface area contributed by atoms with Crippen molar-refractivity contribution >= 4 is 22.0 Å². The molecule has 1 aromatic carbocycles. The Hall–Kier alpha value is -1.33. The largest absolute Gasteiger partial charge is 0.395 e. The Balaban J connectivity index is 1.91. The molecule has 0 radical (unpaired) electrons. The van der Waals surface area contributed by atoms with Crippen molar-refractivity contribution in [2.75, 3.05) is 19.7 Å². The van der Waals surface area contributed by atoms with Gasteiger partial charge in [0.1, 0.15) is 0 Å². The molecule has 1 fully saturated rings. The second-order valence-electron chi connectivity index (χ2n) is 4.88. The van der Waals surface area contributed by atoms with Crippen molar-refractivity contribution in [3.63, 3.8) is 0 Å². The summed E-state index contributed by atoms with van der Waals surface area (Å²) < 4.78 is 1.08. The number of hydrogen-bond donors (Lipinski definition) is 2. The fourth-order valence-electron chi connectivity index (χ4n) is 2.28. The average Bonchev–Trinajstić information content (AvgIpc) is 3.18. The zero-order valence-electron chi connectivity index (χ0n) is 11.3. The lowest BCUT2D eigenvalue weighted by Crippen LogP contribution is -2.42. The first-order valence-corrected chi connectivity index (χ1v) is 7.48. The highest BCUT2D eigenvalue weighted by Crippen LogP contribution is 2.43. The van der Waals surface area contributed by atoms with Crippen LogP contribution in [0, 0.1) is 0 Å². The van der Waals surface area contributed by atoms with Crippen LogP contribution in [0.2, 0.25) is 0 Å². The summed E-state index contributed by atoms with van der Waals surface area (Å²) in [7, 11) is 0. The van der Waals surface area contributed by atoms with Crippen LogP contribution in [0.4, 0.5) is 4.79 Å². The Labute approximate surface area is 127 Å². The van der Waals surface area contributed by atoms with E-state index >= 15 is 0 Å². The highest BCUT2D eigenvalue weighted by atomic mass is 79.9. The number of nitrogens with one attached hydrogen (secondary N) is 1. The number of benzene rings is 1. The van der Waals surface area contributed by atoms with Gasteiger partial charge in [0.25, 0.3) is 0 Å². The lowest BCUT2D eigenvalue weighted by atomic mass is 10.1. The molecular weight excluding hydrogens is 320 g/mol. The molecule has 4 nitrogen and oxygen atoms in total. The van der Waals surface area contributed by atoms with Crippen LogP contribution >= 0.6 is 15.9 Å². The molecule has 1 aliphatic rings. The quantitative estimate of drug-likeness (QED) is 0.783. The van der Waals surface area contributed by atoms with Crippen LogP contribution in [0.3, 0.4) is 0 Å². The molecule has 0 aromatic heterocycles. The maximum Gasteiger partial charge on any atom is 0.317 e. The highest BCUT2D eigenvalue weighted by molar-refractivity contribution is 9.10. The number of carbonyl (C=O) groups is 1. The SMILES string of the molecule is C=CCN(CCO)C(=O)NC1CC1c1ccccc1Br. The summed E-state index contributed by atoms with van der Waals surface area (Å²) in [6.07, 6.45) is 2.61. The molecule has 2 N–H and O–H groups in total. The van der Waals surface area contributed by atoms with E-state index in [1.807, 2.05) is 18.2 Å². The number of nitrogens with zero attached hydrogens (tertiary/aromatic N) is 1. The smallest absolute Gasteiger partial charge is 0.317 e. The molecule has 0 aliphatic heterocycles. The van der Waals surface area contributed by atoms with Crippen LogP contribution in [0.5, 0.6) is 0 Å². The number of carbonyl (C=O) groups excluding carboxylic acids is 1. The van der Waals surface area contributed by atoms with Gasteiger partial charge in [-0.2, -0.15) is 0 Å². The van der Waals surface area contributed by atoms with Gasteiger partial charge in [0.05, 0.1) is 6.61 Å². The number of rotatable bonds is 6. The Bertz CT molecular complexity index is 493.